The average molecular weight is 576 g/mol. The Kier molecular flexibility index (Phi) is 8.78. The molecule has 2 aromatic heterocycles. The zero-order valence-electron chi connectivity index (χ0n) is 22.9. The maximum Gasteiger partial charge on any atom is 0.318 e. The third-order valence-corrected chi connectivity index (χ3v) is 6.96. The van der Waals surface area contributed by atoms with Crippen LogP contribution < -0.4 is 11.1 Å². The van der Waals surface area contributed by atoms with Crippen molar-refractivity contribution >= 4 is 23.0 Å². The summed E-state index contributed by atoms with van der Waals surface area (Å²) in [5.41, 5.74) is 8.27. The molecule has 7 rings (SSSR count). The number of urea groups is 1. The lowest BCUT2D eigenvalue weighted by molar-refractivity contribution is -0.0367. The Morgan fingerprint density at radius 1 is 1.17 bits per heavy atom. The van der Waals surface area contributed by atoms with E-state index in [0.29, 0.717) is 36.8 Å². The number of carbonyl (C=O) groups is 2. The van der Waals surface area contributed by atoms with Crippen LogP contribution in [0.1, 0.15) is 72.0 Å². The quantitative estimate of drug-likeness (QED) is 0.350. The minimum atomic E-state index is -2.90. The number of halogens is 2. The average Bonchev–Trinajstić information content (AvgIpc) is 3.85. The number of rotatable bonds is 9. The Bertz CT molecular complexity index is 1350. The zero-order valence-corrected chi connectivity index (χ0v) is 22.9. The molecule has 3 aromatic rings. The number of carbonyl (C=O) groups excluding carboxylic acids is 2. The molecule has 4 N–H and O–H groups in total. The van der Waals surface area contributed by atoms with Crippen LogP contribution in [0.4, 0.5) is 13.6 Å². The minimum Gasteiger partial charge on any atom is -0.381 e. The van der Waals surface area contributed by atoms with Gasteiger partial charge in [0.15, 0.2) is 5.69 Å². The van der Waals surface area contributed by atoms with E-state index in [9.17, 15) is 18.4 Å². The van der Waals surface area contributed by atoms with Gasteiger partial charge < -0.3 is 30.4 Å². The van der Waals surface area contributed by atoms with Crippen LogP contribution in [0.5, 0.6) is 0 Å². The summed E-state index contributed by atoms with van der Waals surface area (Å²) < 4.78 is 41.9. The number of nitrogens with two attached hydrogens (primary N) is 1. The van der Waals surface area contributed by atoms with Crippen molar-refractivity contribution in [3.63, 3.8) is 0 Å². The second-order valence-electron chi connectivity index (χ2n) is 10.8. The number of amides is 3. The van der Waals surface area contributed by atoms with Crippen molar-refractivity contribution in [1.29, 1.82) is 0 Å². The van der Waals surface area contributed by atoms with E-state index in [2.05, 4.69) is 30.2 Å². The number of hydrogen-bond acceptors (Lipinski definition) is 8. The minimum absolute atomic E-state index is 0.135. The van der Waals surface area contributed by atoms with Crippen LogP contribution in [0.25, 0.3) is 11.0 Å². The summed E-state index contributed by atoms with van der Waals surface area (Å²) in [7, 11) is 1.76. The molecule has 4 fully saturated rings. The van der Waals surface area contributed by atoms with E-state index in [-0.39, 0.29) is 12.2 Å². The lowest BCUT2D eigenvalue weighted by Gasteiger charge is -2.32. The normalized spacial score (nSPS) is 19.6. The third-order valence-electron chi connectivity index (χ3n) is 6.96. The molecule has 0 unspecified atom stereocenters. The highest BCUT2D eigenvalue weighted by Gasteiger charge is 2.38. The second kappa shape index (κ2) is 12.5. The van der Waals surface area contributed by atoms with Crippen LogP contribution in [-0.2, 0) is 22.4 Å². The first-order valence-electron chi connectivity index (χ1n) is 13.9. The molecule has 12 nitrogen and oxygen atoms in total. The van der Waals surface area contributed by atoms with Crippen molar-refractivity contribution in [2.24, 2.45) is 5.73 Å². The van der Waals surface area contributed by atoms with Crippen LogP contribution in [-0.4, -0.2) is 82.1 Å². The van der Waals surface area contributed by atoms with E-state index >= 15 is 0 Å². The Balaban J connectivity index is 0.000000172. The SMILES string of the molecule is COC1CC1.NC(=O)c1nonc1C1CC1.O=C1NCC(F)(F)CN1Cc1ccc2nc(CCOC3CC3)[nH]c2c1. The maximum absolute atomic E-state index is 13.5. The van der Waals surface area contributed by atoms with Crippen LogP contribution in [0.15, 0.2) is 22.8 Å². The molecule has 41 heavy (non-hydrogen) atoms. The molecule has 1 saturated heterocycles. The molecule has 0 bridgehead atoms. The number of H-pyrrole nitrogens is 1. The van der Waals surface area contributed by atoms with Gasteiger partial charge in [0.05, 0.1) is 42.9 Å². The largest absolute Gasteiger partial charge is 0.381 e. The molecular formula is C27H35F2N7O5. The molecule has 0 atom stereocenters. The van der Waals surface area contributed by atoms with E-state index in [1.165, 1.54) is 12.8 Å². The summed E-state index contributed by atoms with van der Waals surface area (Å²) >= 11 is 0. The molecule has 222 valence electrons. The van der Waals surface area contributed by atoms with Crippen LogP contribution in [0, 0.1) is 0 Å². The number of fused-ring (bicyclic) bond motifs is 1. The van der Waals surface area contributed by atoms with E-state index in [1.54, 1.807) is 7.11 Å². The molecule has 4 aliphatic rings. The first kappa shape index (κ1) is 28.9. The number of hydrogen-bond donors (Lipinski definition) is 3. The van der Waals surface area contributed by atoms with E-state index < -0.39 is 31.0 Å². The second-order valence-corrected chi connectivity index (χ2v) is 10.8. The van der Waals surface area contributed by atoms with E-state index in [0.717, 1.165) is 53.0 Å². The van der Waals surface area contributed by atoms with Crippen molar-refractivity contribution < 1.29 is 32.5 Å². The highest BCUT2D eigenvalue weighted by Crippen LogP contribution is 2.40. The molecule has 1 aromatic carbocycles. The Hall–Kier alpha value is -3.65. The van der Waals surface area contributed by atoms with Gasteiger partial charge in [-0.15, -0.1) is 0 Å². The van der Waals surface area contributed by atoms with Gasteiger partial charge in [0.25, 0.3) is 11.8 Å². The van der Waals surface area contributed by atoms with E-state index in [1.807, 2.05) is 18.2 Å². The van der Waals surface area contributed by atoms with Crippen molar-refractivity contribution in [2.45, 2.75) is 75.5 Å². The van der Waals surface area contributed by atoms with Crippen LogP contribution in [0.3, 0.4) is 0 Å². The smallest absolute Gasteiger partial charge is 0.318 e. The number of aromatic amines is 1. The molecule has 0 radical (unpaired) electrons. The summed E-state index contributed by atoms with van der Waals surface area (Å²) in [5.74, 6) is -2.27. The Labute approximate surface area is 235 Å². The third kappa shape index (κ3) is 8.43. The summed E-state index contributed by atoms with van der Waals surface area (Å²) in [5, 5.41) is 9.25. The van der Waals surface area contributed by atoms with Crippen molar-refractivity contribution in [2.75, 3.05) is 26.8 Å². The number of nitrogens with zero attached hydrogens (tertiary/aromatic N) is 4. The van der Waals surface area contributed by atoms with Gasteiger partial charge in [-0.05, 0) is 61.4 Å². The Morgan fingerprint density at radius 3 is 2.56 bits per heavy atom. The maximum atomic E-state index is 13.5. The monoisotopic (exact) mass is 575 g/mol. The highest BCUT2D eigenvalue weighted by atomic mass is 19.3. The first-order valence-corrected chi connectivity index (χ1v) is 13.9. The van der Waals surface area contributed by atoms with Crippen molar-refractivity contribution in [1.82, 2.24) is 30.5 Å². The topological polar surface area (TPSA) is 161 Å². The number of ether oxygens (including phenoxy) is 2. The number of benzene rings is 1. The molecular weight excluding hydrogens is 540 g/mol. The van der Waals surface area contributed by atoms with Crippen LogP contribution >= 0.6 is 0 Å². The summed E-state index contributed by atoms with van der Waals surface area (Å²) in [4.78, 5) is 31.3. The van der Waals surface area contributed by atoms with Gasteiger partial charge in [-0.1, -0.05) is 11.2 Å². The van der Waals surface area contributed by atoms with Crippen molar-refractivity contribution in [3.8, 4) is 0 Å². The number of nitrogens with one attached hydrogen (secondary N) is 2. The van der Waals surface area contributed by atoms with Crippen LogP contribution in [0.2, 0.25) is 0 Å². The van der Waals surface area contributed by atoms with Gasteiger partial charge in [-0.3, -0.25) is 4.79 Å². The number of methoxy groups -OCH3 is 1. The van der Waals surface area contributed by atoms with Crippen molar-refractivity contribution in [3.05, 3.63) is 41.0 Å². The molecule has 3 saturated carbocycles. The standard InChI is InChI=1S/C17H20F2N4O2.C6H7N3O2.C4H8O/c18-17(19)9-20-16(24)23(10-17)8-11-1-4-13-14(7-11)22-15(21-13)5-6-25-12-2-3-12;7-6(10)5-4(3-1-2-3)8-11-9-5;1-5-4-2-3-4/h1,4,7,12H,2-3,5-6,8-10H2,(H,20,24)(H,21,22);3H,1-2H2,(H2,7,10);4H,2-3H2,1H3. The van der Waals surface area contributed by atoms with Gasteiger partial charge in [-0.2, -0.15) is 0 Å². The first-order chi connectivity index (χ1) is 19.7. The number of primary amides is 1. The molecule has 3 heterocycles. The van der Waals surface area contributed by atoms with Gasteiger partial charge in [0.2, 0.25) is 0 Å². The highest BCUT2D eigenvalue weighted by molar-refractivity contribution is 5.91. The number of aromatic nitrogens is 4. The van der Waals surface area contributed by atoms with Gasteiger partial charge in [0.1, 0.15) is 11.5 Å². The fourth-order valence-corrected chi connectivity index (χ4v) is 4.25. The predicted molar refractivity (Wildman–Crippen MR) is 142 cm³/mol. The molecule has 3 aliphatic carbocycles. The van der Waals surface area contributed by atoms with Gasteiger partial charge >= 0.3 is 6.03 Å². The lowest BCUT2D eigenvalue weighted by Crippen LogP contribution is -2.56. The predicted octanol–water partition coefficient (Wildman–Crippen LogP) is 3.29. The van der Waals surface area contributed by atoms with Gasteiger partial charge in [-0.25, -0.2) is 23.2 Å². The summed E-state index contributed by atoms with van der Waals surface area (Å²) in [6, 6.07) is 5.04. The van der Waals surface area contributed by atoms with Gasteiger partial charge in [0, 0.05) is 26.0 Å². The number of alkyl halides is 2. The summed E-state index contributed by atoms with van der Waals surface area (Å²) in [6.45, 7) is -0.394. The molecule has 0 spiro atoms. The fourth-order valence-electron chi connectivity index (χ4n) is 4.25. The fraction of sp³-hybridized carbons (Fsp3) is 0.593. The Morgan fingerprint density at radius 2 is 1.93 bits per heavy atom. The summed E-state index contributed by atoms with van der Waals surface area (Å²) in [6.07, 6.45) is 8.73. The molecule has 3 amide bonds. The molecule has 1 aliphatic heterocycles. The number of imidazole rings is 1. The lowest BCUT2D eigenvalue weighted by atomic mass is 10.1. The molecule has 14 heteroatoms. The van der Waals surface area contributed by atoms with E-state index in [4.69, 9.17) is 15.2 Å². The zero-order chi connectivity index (χ0) is 29.0.